The number of sulfone groups is 1. The number of esters is 1. The molecular formula is C18H20O4S. The van der Waals surface area contributed by atoms with Crippen LogP contribution in [0.5, 0.6) is 5.75 Å². The Bertz CT molecular complexity index is 834. The summed E-state index contributed by atoms with van der Waals surface area (Å²) < 4.78 is 28.1. The van der Waals surface area contributed by atoms with Gasteiger partial charge in [-0.3, -0.25) is 0 Å². The van der Waals surface area contributed by atoms with E-state index < -0.39 is 15.8 Å². The molecule has 0 aliphatic carbocycles. The SMILES string of the molecule is Cc1ccc(C)c(OC(=O)c2ccc(CS(C)(=O)=O)cc2)c1C. The second kappa shape index (κ2) is 6.54. The highest BCUT2D eigenvalue weighted by Crippen LogP contribution is 2.26. The number of benzene rings is 2. The summed E-state index contributed by atoms with van der Waals surface area (Å²) >= 11 is 0. The highest BCUT2D eigenvalue weighted by Gasteiger charge is 2.14. The lowest BCUT2D eigenvalue weighted by atomic mass is 10.1. The van der Waals surface area contributed by atoms with Gasteiger partial charge >= 0.3 is 5.97 Å². The summed E-state index contributed by atoms with van der Waals surface area (Å²) in [4.78, 5) is 12.3. The van der Waals surface area contributed by atoms with Gasteiger partial charge in [-0.05, 0) is 55.2 Å². The topological polar surface area (TPSA) is 60.4 Å². The number of carbonyl (C=O) groups excluding carboxylic acids is 1. The fourth-order valence-corrected chi connectivity index (χ4v) is 3.07. The number of ether oxygens (including phenoxy) is 1. The molecule has 2 rings (SSSR count). The zero-order valence-electron chi connectivity index (χ0n) is 13.7. The molecule has 5 heteroatoms. The first-order valence-electron chi connectivity index (χ1n) is 7.23. The standard InChI is InChI=1S/C18H20O4S/c1-12-5-6-13(2)17(14(12)3)22-18(19)16-9-7-15(8-10-16)11-23(4,20)21/h5-10H,11H2,1-4H3. The van der Waals surface area contributed by atoms with Crippen molar-refractivity contribution < 1.29 is 17.9 Å². The molecule has 0 aliphatic heterocycles. The summed E-state index contributed by atoms with van der Waals surface area (Å²) in [7, 11) is -3.09. The van der Waals surface area contributed by atoms with Gasteiger partial charge in [-0.1, -0.05) is 24.3 Å². The Kier molecular flexibility index (Phi) is 4.90. The summed E-state index contributed by atoms with van der Waals surface area (Å²) in [6.07, 6.45) is 1.18. The first-order chi connectivity index (χ1) is 10.7. The van der Waals surface area contributed by atoms with Crippen LogP contribution in [0, 0.1) is 20.8 Å². The van der Waals surface area contributed by atoms with Crippen molar-refractivity contribution in [3.63, 3.8) is 0 Å². The van der Waals surface area contributed by atoms with Crippen LogP contribution in [0.25, 0.3) is 0 Å². The van der Waals surface area contributed by atoms with Crippen LogP contribution in [-0.2, 0) is 15.6 Å². The van der Waals surface area contributed by atoms with Crippen LogP contribution in [0.1, 0.15) is 32.6 Å². The summed E-state index contributed by atoms with van der Waals surface area (Å²) in [5.74, 6) is 0.0845. The van der Waals surface area contributed by atoms with E-state index in [1.165, 1.54) is 6.26 Å². The number of hydrogen-bond acceptors (Lipinski definition) is 4. The molecule has 122 valence electrons. The van der Waals surface area contributed by atoms with Crippen molar-refractivity contribution in [1.29, 1.82) is 0 Å². The molecule has 0 fully saturated rings. The molecule has 0 bridgehead atoms. The largest absolute Gasteiger partial charge is 0.422 e. The molecule has 0 saturated carbocycles. The van der Waals surface area contributed by atoms with Gasteiger partial charge in [0.1, 0.15) is 5.75 Å². The quantitative estimate of drug-likeness (QED) is 0.636. The van der Waals surface area contributed by atoms with Gasteiger partial charge in [0, 0.05) is 6.26 Å². The van der Waals surface area contributed by atoms with Gasteiger partial charge in [0.2, 0.25) is 0 Å². The smallest absolute Gasteiger partial charge is 0.343 e. The molecule has 0 aromatic heterocycles. The molecule has 0 radical (unpaired) electrons. The molecule has 0 amide bonds. The highest BCUT2D eigenvalue weighted by atomic mass is 32.2. The maximum atomic E-state index is 12.3. The lowest BCUT2D eigenvalue weighted by Gasteiger charge is -2.12. The van der Waals surface area contributed by atoms with Crippen LogP contribution in [-0.4, -0.2) is 20.6 Å². The van der Waals surface area contributed by atoms with E-state index in [0.717, 1.165) is 16.7 Å². The molecular weight excluding hydrogens is 312 g/mol. The minimum atomic E-state index is -3.09. The lowest BCUT2D eigenvalue weighted by molar-refractivity contribution is 0.0732. The third-order valence-electron chi connectivity index (χ3n) is 3.69. The Balaban J connectivity index is 2.20. The van der Waals surface area contributed by atoms with Gasteiger partial charge in [-0.25, -0.2) is 13.2 Å². The normalized spacial score (nSPS) is 11.3. The van der Waals surface area contributed by atoms with E-state index in [-0.39, 0.29) is 5.75 Å². The zero-order valence-corrected chi connectivity index (χ0v) is 14.5. The van der Waals surface area contributed by atoms with Crippen molar-refractivity contribution in [1.82, 2.24) is 0 Å². The number of rotatable bonds is 4. The molecule has 0 unspecified atom stereocenters. The predicted molar refractivity (Wildman–Crippen MR) is 90.6 cm³/mol. The summed E-state index contributed by atoms with van der Waals surface area (Å²) in [6, 6.07) is 10.3. The lowest BCUT2D eigenvalue weighted by Crippen LogP contribution is -2.11. The Morgan fingerprint density at radius 1 is 0.957 bits per heavy atom. The predicted octanol–water partition coefficient (Wildman–Crippen LogP) is 3.38. The fourth-order valence-electron chi connectivity index (χ4n) is 2.27. The molecule has 0 atom stereocenters. The summed E-state index contributed by atoms with van der Waals surface area (Å²) in [6.45, 7) is 5.77. The molecule has 23 heavy (non-hydrogen) atoms. The third-order valence-corrected chi connectivity index (χ3v) is 4.54. The Morgan fingerprint density at radius 2 is 1.52 bits per heavy atom. The average Bonchev–Trinajstić information content (AvgIpc) is 2.46. The van der Waals surface area contributed by atoms with Crippen molar-refractivity contribution in [3.05, 3.63) is 64.2 Å². The van der Waals surface area contributed by atoms with Crippen LogP contribution >= 0.6 is 0 Å². The Morgan fingerprint density at radius 3 is 2.09 bits per heavy atom. The van der Waals surface area contributed by atoms with Crippen LogP contribution in [0.4, 0.5) is 0 Å². The van der Waals surface area contributed by atoms with E-state index in [1.54, 1.807) is 24.3 Å². The molecule has 4 nitrogen and oxygen atoms in total. The van der Waals surface area contributed by atoms with E-state index in [4.69, 9.17) is 4.74 Å². The van der Waals surface area contributed by atoms with Gasteiger partial charge in [0.05, 0.1) is 11.3 Å². The average molecular weight is 332 g/mol. The minimum absolute atomic E-state index is 0.0432. The van der Waals surface area contributed by atoms with Crippen molar-refractivity contribution in [3.8, 4) is 5.75 Å². The molecule has 0 spiro atoms. The van der Waals surface area contributed by atoms with E-state index in [2.05, 4.69) is 0 Å². The van der Waals surface area contributed by atoms with Crippen molar-refractivity contribution in [2.75, 3.05) is 6.26 Å². The molecule has 0 heterocycles. The molecule has 0 aliphatic rings. The van der Waals surface area contributed by atoms with Crippen molar-refractivity contribution >= 4 is 15.8 Å². The van der Waals surface area contributed by atoms with E-state index >= 15 is 0 Å². The van der Waals surface area contributed by atoms with Crippen molar-refractivity contribution in [2.45, 2.75) is 26.5 Å². The van der Waals surface area contributed by atoms with E-state index in [9.17, 15) is 13.2 Å². The van der Waals surface area contributed by atoms with Gasteiger partial charge in [-0.15, -0.1) is 0 Å². The third kappa shape index (κ3) is 4.42. The van der Waals surface area contributed by atoms with Crippen LogP contribution in [0.3, 0.4) is 0 Å². The minimum Gasteiger partial charge on any atom is -0.422 e. The zero-order chi connectivity index (χ0) is 17.2. The summed E-state index contributed by atoms with van der Waals surface area (Å²) in [5, 5.41) is 0. The van der Waals surface area contributed by atoms with Crippen LogP contribution in [0.2, 0.25) is 0 Å². The molecule has 2 aromatic rings. The van der Waals surface area contributed by atoms with Gasteiger partial charge in [-0.2, -0.15) is 0 Å². The van der Waals surface area contributed by atoms with E-state index in [1.807, 2.05) is 32.9 Å². The first kappa shape index (κ1) is 17.2. The number of aryl methyl sites for hydroxylation is 2. The Hall–Kier alpha value is -2.14. The maximum absolute atomic E-state index is 12.3. The number of carbonyl (C=O) groups is 1. The van der Waals surface area contributed by atoms with E-state index in [0.29, 0.717) is 16.9 Å². The van der Waals surface area contributed by atoms with Crippen LogP contribution in [0.15, 0.2) is 36.4 Å². The molecule has 0 saturated heterocycles. The Labute approximate surface area is 137 Å². The monoisotopic (exact) mass is 332 g/mol. The maximum Gasteiger partial charge on any atom is 0.343 e. The van der Waals surface area contributed by atoms with Gasteiger partial charge in [0.25, 0.3) is 0 Å². The summed E-state index contributed by atoms with van der Waals surface area (Å²) in [5.41, 5.74) is 3.93. The highest BCUT2D eigenvalue weighted by molar-refractivity contribution is 7.89. The fraction of sp³-hybridized carbons (Fsp3) is 0.278. The van der Waals surface area contributed by atoms with Gasteiger partial charge < -0.3 is 4.74 Å². The van der Waals surface area contributed by atoms with Crippen LogP contribution < -0.4 is 4.74 Å². The van der Waals surface area contributed by atoms with Crippen molar-refractivity contribution in [2.24, 2.45) is 0 Å². The first-order valence-corrected chi connectivity index (χ1v) is 9.29. The molecule has 0 N–H and O–H groups in total. The number of hydrogen-bond donors (Lipinski definition) is 0. The van der Waals surface area contributed by atoms with Gasteiger partial charge in [0.15, 0.2) is 9.84 Å². The molecule has 2 aromatic carbocycles. The second-order valence-corrected chi connectivity index (χ2v) is 7.95. The second-order valence-electron chi connectivity index (χ2n) is 5.81.